The molecule has 0 aromatic heterocycles. The number of rotatable bonds is 6. The molecule has 0 heterocycles. The largest absolute Gasteiger partial charge is 0.481 e. The third-order valence-corrected chi connectivity index (χ3v) is 3.10. The van der Waals surface area contributed by atoms with Crippen LogP contribution in [0.25, 0.3) is 11.1 Å². The van der Waals surface area contributed by atoms with E-state index >= 15 is 0 Å². The van der Waals surface area contributed by atoms with Crippen molar-refractivity contribution >= 4 is 23.3 Å². The Morgan fingerprint density at radius 1 is 1.04 bits per heavy atom. The van der Waals surface area contributed by atoms with Crippen LogP contribution in [0.4, 0.5) is 11.4 Å². The monoisotopic (exact) mass is 314 g/mol. The number of nitrogens with one attached hydrogen (secondary N) is 1. The van der Waals surface area contributed by atoms with Gasteiger partial charge in [-0.3, -0.25) is 19.7 Å². The van der Waals surface area contributed by atoms with Crippen molar-refractivity contribution in [1.29, 1.82) is 0 Å². The lowest BCUT2D eigenvalue weighted by Crippen LogP contribution is -2.13. The molecule has 0 fully saturated rings. The number of aliphatic carboxylic acids is 1. The van der Waals surface area contributed by atoms with Crippen LogP contribution >= 0.6 is 0 Å². The van der Waals surface area contributed by atoms with Gasteiger partial charge in [-0.2, -0.15) is 0 Å². The summed E-state index contributed by atoms with van der Waals surface area (Å²) in [5, 5.41) is 22.0. The number of hydrogen-bond donors (Lipinski definition) is 2. The fourth-order valence-electron chi connectivity index (χ4n) is 2.02. The summed E-state index contributed by atoms with van der Waals surface area (Å²) < 4.78 is 0. The quantitative estimate of drug-likeness (QED) is 0.629. The van der Waals surface area contributed by atoms with Crippen LogP contribution in [0.3, 0.4) is 0 Å². The van der Waals surface area contributed by atoms with Gasteiger partial charge in [-0.25, -0.2) is 0 Å². The highest BCUT2D eigenvalue weighted by atomic mass is 16.6. The standard InChI is InChI=1S/C16H14N2O5/c19-15(7-8-16(20)21)17-13-5-1-3-11(9-13)12-4-2-6-14(10-12)18(22)23/h1-6,9-10H,7-8H2,(H,17,19)(H,20,21). The molecule has 0 aliphatic heterocycles. The van der Waals surface area contributed by atoms with E-state index in [9.17, 15) is 19.7 Å². The fraction of sp³-hybridized carbons (Fsp3) is 0.125. The Kier molecular flexibility index (Phi) is 5.03. The average molecular weight is 314 g/mol. The van der Waals surface area contributed by atoms with Crippen molar-refractivity contribution in [2.24, 2.45) is 0 Å². The van der Waals surface area contributed by atoms with Crippen LogP contribution in [-0.2, 0) is 9.59 Å². The number of non-ortho nitro benzene ring substituents is 1. The van der Waals surface area contributed by atoms with Crippen LogP contribution < -0.4 is 5.32 Å². The summed E-state index contributed by atoms with van der Waals surface area (Å²) in [4.78, 5) is 32.4. The number of nitro benzene ring substituents is 1. The summed E-state index contributed by atoms with van der Waals surface area (Å²) in [7, 11) is 0. The second-order valence-corrected chi connectivity index (χ2v) is 4.83. The first-order chi connectivity index (χ1) is 11.0. The number of amides is 1. The Morgan fingerprint density at radius 2 is 1.70 bits per heavy atom. The zero-order chi connectivity index (χ0) is 16.8. The molecule has 118 valence electrons. The molecule has 7 nitrogen and oxygen atoms in total. The molecule has 0 aliphatic carbocycles. The topological polar surface area (TPSA) is 110 Å². The minimum absolute atomic E-state index is 0.0154. The second kappa shape index (κ2) is 7.17. The van der Waals surface area contributed by atoms with Gasteiger partial charge in [0, 0.05) is 24.2 Å². The lowest BCUT2D eigenvalue weighted by atomic mass is 10.0. The maximum absolute atomic E-state index is 11.6. The maximum Gasteiger partial charge on any atom is 0.303 e. The first-order valence-corrected chi connectivity index (χ1v) is 6.82. The third kappa shape index (κ3) is 4.63. The summed E-state index contributed by atoms with van der Waals surface area (Å²) in [5.74, 6) is -1.44. The van der Waals surface area contributed by atoms with Crippen LogP contribution in [0.15, 0.2) is 48.5 Å². The van der Waals surface area contributed by atoms with E-state index in [1.54, 1.807) is 36.4 Å². The molecule has 0 radical (unpaired) electrons. The molecule has 2 N–H and O–H groups in total. The Balaban J connectivity index is 2.16. The summed E-state index contributed by atoms with van der Waals surface area (Å²) in [6.07, 6.45) is -0.354. The molecule has 0 aliphatic rings. The van der Waals surface area contributed by atoms with Gasteiger partial charge in [0.05, 0.1) is 11.3 Å². The predicted octanol–water partition coefficient (Wildman–Crippen LogP) is 3.07. The van der Waals surface area contributed by atoms with Gasteiger partial charge in [-0.15, -0.1) is 0 Å². The highest BCUT2D eigenvalue weighted by Crippen LogP contribution is 2.26. The first kappa shape index (κ1) is 16.2. The van der Waals surface area contributed by atoms with Crippen LogP contribution in [0, 0.1) is 10.1 Å². The number of carbonyl (C=O) groups excluding carboxylic acids is 1. The minimum atomic E-state index is -1.04. The van der Waals surface area contributed by atoms with E-state index in [4.69, 9.17) is 5.11 Å². The Hall–Kier alpha value is -3.22. The molecule has 1 amide bonds. The van der Waals surface area contributed by atoms with Crippen molar-refractivity contribution in [2.45, 2.75) is 12.8 Å². The van der Waals surface area contributed by atoms with E-state index in [1.807, 2.05) is 0 Å². The third-order valence-electron chi connectivity index (χ3n) is 3.10. The van der Waals surface area contributed by atoms with E-state index < -0.39 is 16.8 Å². The molecule has 0 atom stereocenters. The van der Waals surface area contributed by atoms with Crippen molar-refractivity contribution in [3.8, 4) is 11.1 Å². The number of benzene rings is 2. The molecular formula is C16H14N2O5. The SMILES string of the molecule is O=C(O)CCC(=O)Nc1cccc(-c2cccc([N+](=O)[O-])c2)c1. The molecule has 0 unspecified atom stereocenters. The van der Waals surface area contributed by atoms with Gasteiger partial charge in [-0.05, 0) is 23.3 Å². The lowest BCUT2D eigenvalue weighted by Gasteiger charge is -2.07. The van der Waals surface area contributed by atoms with Crippen molar-refractivity contribution in [1.82, 2.24) is 0 Å². The number of nitrogens with zero attached hydrogens (tertiary/aromatic N) is 1. The highest BCUT2D eigenvalue weighted by Gasteiger charge is 2.09. The van der Waals surface area contributed by atoms with Gasteiger partial charge in [0.2, 0.25) is 5.91 Å². The van der Waals surface area contributed by atoms with Crippen molar-refractivity contribution in [3.05, 3.63) is 58.6 Å². The van der Waals surface area contributed by atoms with Gasteiger partial charge in [0.15, 0.2) is 0 Å². The van der Waals surface area contributed by atoms with E-state index in [0.29, 0.717) is 16.8 Å². The lowest BCUT2D eigenvalue weighted by molar-refractivity contribution is -0.384. The Bertz CT molecular complexity index is 758. The number of nitro groups is 1. The molecule has 23 heavy (non-hydrogen) atoms. The fourth-order valence-corrected chi connectivity index (χ4v) is 2.02. The smallest absolute Gasteiger partial charge is 0.303 e. The molecule has 0 saturated carbocycles. The highest BCUT2D eigenvalue weighted by molar-refractivity contribution is 5.93. The van der Waals surface area contributed by atoms with E-state index in [0.717, 1.165) is 0 Å². The molecule has 2 aromatic rings. The minimum Gasteiger partial charge on any atom is -0.481 e. The second-order valence-electron chi connectivity index (χ2n) is 4.83. The van der Waals surface area contributed by atoms with Crippen LogP contribution in [0.2, 0.25) is 0 Å². The number of anilines is 1. The van der Waals surface area contributed by atoms with Gasteiger partial charge >= 0.3 is 5.97 Å². The predicted molar refractivity (Wildman–Crippen MR) is 84.0 cm³/mol. The average Bonchev–Trinajstić information content (AvgIpc) is 2.53. The summed E-state index contributed by atoms with van der Waals surface area (Å²) in [5.41, 5.74) is 1.85. The maximum atomic E-state index is 11.6. The molecule has 2 aromatic carbocycles. The number of carbonyl (C=O) groups is 2. The van der Waals surface area contributed by atoms with Crippen LogP contribution in [0.5, 0.6) is 0 Å². The molecule has 7 heteroatoms. The van der Waals surface area contributed by atoms with Crippen LogP contribution in [0.1, 0.15) is 12.8 Å². The van der Waals surface area contributed by atoms with Crippen LogP contribution in [-0.4, -0.2) is 21.9 Å². The van der Waals surface area contributed by atoms with E-state index in [-0.39, 0.29) is 18.5 Å². The first-order valence-electron chi connectivity index (χ1n) is 6.82. The number of carboxylic acid groups (broad SMARTS) is 1. The molecule has 0 saturated heterocycles. The summed E-state index contributed by atoms with van der Waals surface area (Å²) in [6, 6.07) is 13.0. The zero-order valence-corrected chi connectivity index (χ0v) is 12.1. The molecular weight excluding hydrogens is 300 g/mol. The number of hydrogen-bond acceptors (Lipinski definition) is 4. The normalized spacial score (nSPS) is 10.1. The van der Waals surface area contributed by atoms with E-state index in [2.05, 4.69) is 5.32 Å². The van der Waals surface area contributed by atoms with Gasteiger partial charge in [0.1, 0.15) is 0 Å². The van der Waals surface area contributed by atoms with Crippen molar-refractivity contribution in [3.63, 3.8) is 0 Å². The van der Waals surface area contributed by atoms with E-state index in [1.165, 1.54) is 12.1 Å². The number of carboxylic acids is 1. The van der Waals surface area contributed by atoms with Gasteiger partial charge in [0.25, 0.3) is 5.69 Å². The molecule has 0 bridgehead atoms. The van der Waals surface area contributed by atoms with Gasteiger partial charge < -0.3 is 10.4 Å². The zero-order valence-electron chi connectivity index (χ0n) is 12.1. The van der Waals surface area contributed by atoms with Gasteiger partial charge in [-0.1, -0.05) is 24.3 Å². The molecule has 2 rings (SSSR count). The summed E-state index contributed by atoms with van der Waals surface area (Å²) >= 11 is 0. The van der Waals surface area contributed by atoms with Crippen molar-refractivity contribution in [2.75, 3.05) is 5.32 Å². The Labute approximate surface area is 131 Å². The van der Waals surface area contributed by atoms with Crippen molar-refractivity contribution < 1.29 is 19.6 Å². The Morgan fingerprint density at radius 3 is 2.35 bits per heavy atom. The summed E-state index contributed by atoms with van der Waals surface area (Å²) in [6.45, 7) is 0. The molecule has 0 spiro atoms.